The van der Waals surface area contributed by atoms with Gasteiger partial charge >= 0.3 is 6.18 Å². The number of nitrogens with zero attached hydrogens (tertiary/aromatic N) is 2. The molecule has 1 N–H and O–H groups in total. The number of alkyl halides is 3. The summed E-state index contributed by atoms with van der Waals surface area (Å²) in [6.07, 6.45) is -3.08. The Morgan fingerprint density at radius 2 is 1.52 bits per heavy atom. The molecular formula is C32H37ClF3N3O4S. The summed E-state index contributed by atoms with van der Waals surface area (Å²) in [4.78, 5) is 28.4. The van der Waals surface area contributed by atoms with Gasteiger partial charge in [-0.25, -0.2) is 8.42 Å². The lowest BCUT2D eigenvalue weighted by atomic mass is 10.1. The maximum atomic E-state index is 14.1. The van der Waals surface area contributed by atoms with Gasteiger partial charge < -0.3 is 10.2 Å². The van der Waals surface area contributed by atoms with Crippen molar-refractivity contribution in [1.29, 1.82) is 0 Å². The van der Waals surface area contributed by atoms with Crippen LogP contribution in [-0.4, -0.2) is 44.3 Å². The number of carbonyl (C=O) groups excluding carboxylic acids is 2. The summed E-state index contributed by atoms with van der Waals surface area (Å²) >= 11 is 5.83. The van der Waals surface area contributed by atoms with Crippen LogP contribution in [-0.2, 0) is 32.3 Å². The Bertz CT molecular complexity index is 1550. The van der Waals surface area contributed by atoms with E-state index in [2.05, 4.69) is 5.32 Å². The normalized spacial score (nSPS) is 12.5. The molecule has 0 aliphatic carbocycles. The van der Waals surface area contributed by atoms with Gasteiger partial charge in [0.15, 0.2) is 0 Å². The molecule has 0 aliphatic rings. The minimum Gasteiger partial charge on any atom is -0.354 e. The van der Waals surface area contributed by atoms with E-state index >= 15 is 0 Å². The van der Waals surface area contributed by atoms with E-state index in [9.17, 15) is 31.2 Å². The zero-order valence-electron chi connectivity index (χ0n) is 25.1. The molecule has 238 valence electrons. The molecule has 7 nitrogen and oxygen atoms in total. The smallest absolute Gasteiger partial charge is 0.354 e. The van der Waals surface area contributed by atoms with Crippen LogP contribution < -0.4 is 9.62 Å². The third-order valence-corrected chi connectivity index (χ3v) is 9.24. The number of benzene rings is 3. The molecule has 0 aliphatic heterocycles. The lowest BCUT2D eigenvalue weighted by Crippen LogP contribution is -2.52. The van der Waals surface area contributed by atoms with E-state index in [0.29, 0.717) is 22.5 Å². The molecule has 44 heavy (non-hydrogen) atoms. The number of aryl methyl sites for hydroxylation is 2. The Labute approximate surface area is 262 Å². The van der Waals surface area contributed by atoms with Crippen LogP contribution in [0.15, 0.2) is 71.6 Å². The Balaban J connectivity index is 2.12. The van der Waals surface area contributed by atoms with Gasteiger partial charge in [0.25, 0.3) is 10.0 Å². The van der Waals surface area contributed by atoms with E-state index in [1.165, 1.54) is 17.0 Å². The minimum atomic E-state index is -4.88. The molecule has 0 aromatic heterocycles. The van der Waals surface area contributed by atoms with Gasteiger partial charge in [-0.15, -0.1) is 0 Å². The number of carbonyl (C=O) groups is 2. The maximum absolute atomic E-state index is 14.1. The molecule has 0 fully saturated rings. The number of unbranched alkanes of at least 4 members (excludes halogenated alkanes) is 1. The van der Waals surface area contributed by atoms with Gasteiger partial charge in [0.05, 0.1) is 21.2 Å². The Morgan fingerprint density at radius 1 is 0.932 bits per heavy atom. The van der Waals surface area contributed by atoms with Gasteiger partial charge in [0.1, 0.15) is 12.6 Å². The van der Waals surface area contributed by atoms with Crippen LogP contribution >= 0.6 is 11.6 Å². The molecular weight excluding hydrogens is 615 g/mol. The Morgan fingerprint density at radius 3 is 2.07 bits per heavy atom. The fourth-order valence-electron chi connectivity index (χ4n) is 4.57. The molecule has 0 spiro atoms. The van der Waals surface area contributed by atoms with Gasteiger partial charge in [-0.3, -0.25) is 13.9 Å². The second-order valence-corrected chi connectivity index (χ2v) is 12.8. The van der Waals surface area contributed by atoms with Crippen LogP contribution in [0.2, 0.25) is 5.02 Å². The topological polar surface area (TPSA) is 86.8 Å². The molecule has 0 saturated heterocycles. The molecule has 3 rings (SSSR count). The predicted octanol–water partition coefficient (Wildman–Crippen LogP) is 6.89. The molecule has 1 atom stereocenters. The number of rotatable bonds is 13. The zero-order valence-corrected chi connectivity index (χ0v) is 26.7. The first kappa shape index (κ1) is 34.9. The standard InChI is InChI=1S/C32H37ClF3N3O4S/c1-5-7-18-37-31(41)29(6-2)38(20-24-12-8-22(3)9-13-24)30(40)21-39(44(42,43)26-15-10-23(4)11-16-26)25-14-17-28(33)27(19-25)32(34,35)36/h8-17,19,29H,5-7,18,20-21H2,1-4H3,(H,37,41)/t29-/m1/s1. The number of hydrogen-bond donors (Lipinski definition) is 1. The molecule has 2 amide bonds. The molecule has 0 saturated carbocycles. The second-order valence-electron chi connectivity index (χ2n) is 10.6. The lowest BCUT2D eigenvalue weighted by molar-refractivity contribution is -0.140. The number of sulfonamides is 1. The van der Waals surface area contributed by atoms with E-state index < -0.39 is 56.9 Å². The van der Waals surface area contributed by atoms with Gasteiger partial charge in [-0.05, 0) is 62.6 Å². The van der Waals surface area contributed by atoms with E-state index in [1.807, 2.05) is 26.0 Å². The van der Waals surface area contributed by atoms with Gasteiger partial charge in [-0.2, -0.15) is 13.2 Å². The summed E-state index contributed by atoms with van der Waals surface area (Å²) in [6, 6.07) is 14.8. The van der Waals surface area contributed by atoms with E-state index in [0.717, 1.165) is 36.1 Å². The molecule has 0 bridgehead atoms. The van der Waals surface area contributed by atoms with Crippen LogP contribution in [0.25, 0.3) is 0 Å². The third kappa shape index (κ3) is 8.75. The first-order valence-electron chi connectivity index (χ1n) is 14.3. The summed E-state index contributed by atoms with van der Waals surface area (Å²) in [6.45, 7) is 6.88. The molecule has 3 aromatic rings. The minimum absolute atomic E-state index is 0.0222. The predicted molar refractivity (Wildman–Crippen MR) is 166 cm³/mol. The Kier molecular flexibility index (Phi) is 11.9. The first-order chi connectivity index (χ1) is 20.7. The second kappa shape index (κ2) is 14.9. The van der Waals surface area contributed by atoms with Crippen molar-refractivity contribution in [2.75, 3.05) is 17.4 Å². The highest BCUT2D eigenvalue weighted by molar-refractivity contribution is 7.92. The van der Waals surface area contributed by atoms with E-state index in [4.69, 9.17) is 11.6 Å². The summed E-state index contributed by atoms with van der Waals surface area (Å²) in [5.74, 6) is -1.16. The van der Waals surface area contributed by atoms with Gasteiger partial charge in [0.2, 0.25) is 11.8 Å². The van der Waals surface area contributed by atoms with E-state index in [-0.39, 0.29) is 17.9 Å². The van der Waals surface area contributed by atoms with Crippen molar-refractivity contribution in [3.63, 3.8) is 0 Å². The fourth-order valence-corrected chi connectivity index (χ4v) is 6.20. The van der Waals surface area contributed by atoms with Crippen LogP contribution in [0.1, 0.15) is 55.4 Å². The van der Waals surface area contributed by atoms with Crippen molar-refractivity contribution in [2.24, 2.45) is 0 Å². The number of halogens is 4. The fraction of sp³-hybridized carbons (Fsp3) is 0.375. The highest BCUT2D eigenvalue weighted by Gasteiger charge is 2.37. The number of hydrogen-bond acceptors (Lipinski definition) is 4. The van der Waals surface area contributed by atoms with Crippen molar-refractivity contribution < 1.29 is 31.2 Å². The SMILES string of the molecule is CCCCNC(=O)[C@@H](CC)N(Cc1ccc(C)cc1)C(=O)CN(c1ccc(Cl)c(C(F)(F)F)c1)S(=O)(=O)c1ccc(C)cc1. The number of amides is 2. The van der Waals surface area contributed by atoms with Crippen molar-refractivity contribution in [3.8, 4) is 0 Å². The van der Waals surface area contributed by atoms with Crippen molar-refractivity contribution in [1.82, 2.24) is 10.2 Å². The van der Waals surface area contributed by atoms with Crippen LogP contribution in [0.5, 0.6) is 0 Å². The van der Waals surface area contributed by atoms with Crippen LogP contribution in [0.4, 0.5) is 18.9 Å². The van der Waals surface area contributed by atoms with Crippen molar-refractivity contribution >= 4 is 39.1 Å². The Hall–Kier alpha value is -3.57. The van der Waals surface area contributed by atoms with Crippen molar-refractivity contribution in [2.45, 2.75) is 70.6 Å². The molecule has 0 radical (unpaired) electrons. The highest BCUT2D eigenvalue weighted by Crippen LogP contribution is 2.38. The summed E-state index contributed by atoms with van der Waals surface area (Å²) < 4.78 is 70.0. The van der Waals surface area contributed by atoms with Crippen molar-refractivity contribution in [3.05, 3.63) is 94.0 Å². The van der Waals surface area contributed by atoms with Gasteiger partial charge in [-0.1, -0.05) is 79.4 Å². The monoisotopic (exact) mass is 651 g/mol. The van der Waals surface area contributed by atoms with Gasteiger partial charge in [0, 0.05) is 13.1 Å². The number of nitrogens with one attached hydrogen (secondary N) is 1. The average Bonchev–Trinajstić information content (AvgIpc) is 2.96. The molecule has 0 heterocycles. The maximum Gasteiger partial charge on any atom is 0.417 e. The number of anilines is 1. The quantitative estimate of drug-likeness (QED) is 0.204. The van der Waals surface area contributed by atoms with Crippen LogP contribution in [0.3, 0.4) is 0 Å². The molecule has 12 heteroatoms. The largest absolute Gasteiger partial charge is 0.417 e. The first-order valence-corrected chi connectivity index (χ1v) is 16.1. The molecule has 0 unspecified atom stereocenters. The van der Waals surface area contributed by atoms with Crippen LogP contribution in [0, 0.1) is 13.8 Å². The van der Waals surface area contributed by atoms with E-state index in [1.54, 1.807) is 38.1 Å². The zero-order chi connectivity index (χ0) is 32.7. The summed E-state index contributed by atoms with van der Waals surface area (Å²) in [7, 11) is -4.55. The average molecular weight is 652 g/mol. The third-order valence-electron chi connectivity index (χ3n) is 7.12. The molecule has 3 aromatic carbocycles. The summed E-state index contributed by atoms with van der Waals surface area (Å²) in [5, 5.41) is 2.22. The highest BCUT2D eigenvalue weighted by atomic mass is 35.5. The summed E-state index contributed by atoms with van der Waals surface area (Å²) in [5.41, 5.74) is 0.802. The lowest BCUT2D eigenvalue weighted by Gasteiger charge is -2.33.